The molecule has 2 rings (SSSR count). The van der Waals surface area contributed by atoms with Crippen LogP contribution in [0.3, 0.4) is 0 Å². The van der Waals surface area contributed by atoms with Gasteiger partial charge in [0.25, 0.3) is 0 Å². The summed E-state index contributed by atoms with van der Waals surface area (Å²) in [4.78, 5) is 22.1. The monoisotopic (exact) mass is 341 g/mol. The Balaban J connectivity index is 2.05. The SMILES string of the molecule is Cc1cc(Br)cc([N+](=O)[O-])c1OCCC1CCCC1=O. The Hall–Kier alpha value is -1.43. The number of hydrogen-bond acceptors (Lipinski definition) is 4. The molecule has 0 bridgehead atoms. The van der Waals surface area contributed by atoms with Crippen LogP contribution in [0.25, 0.3) is 0 Å². The van der Waals surface area contributed by atoms with Crippen LogP contribution in [0.5, 0.6) is 5.75 Å². The molecule has 20 heavy (non-hydrogen) atoms. The lowest BCUT2D eigenvalue weighted by atomic mass is 10.0. The average molecular weight is 342 g/mol. The van der Waals surface area contributed by atoms with Crippen molar-refractivity contribution >= 4 is 27.4 Å². The van der Waals surface area contributed by atoms with Gasteiger partial charge < -0.3 is 4.74 Å². The van der Waals surface area contributed by atoms with Crippen LogP contribution in [0.2, 0.25) is 0 Å². The summed E-state index contributed by atoms with van der Waals surface area (Å²) in [5, 5.41) is 11.0. The van der Waals surface area contributed by atoms with Crippen LogP contribution in [0.1, 0.15) is 31.2 Å². The standard InChI is InChI=1S/C14H16BrNO4/c1-9-7-11(15)8-12(16(18)19)14(9)20-6-5-10-3-2-4-13(10)17/h7-8,10H,2-6H2,1H3. The number of carbonyl (C=O) groups is 1. The highest BCUT2D eigenvalue weighted by atomic mass is 79.9. The van der Waals surface area contributed by atoms with Gasteiger partial charge in [0.05, 0.1) is 11.5 Å². The normalized spacial score (nSPS) is 18.3. The fourth-order valence-electron chi connectivity index (χ4n) is 2.53. The zero-order valence-electron chi connectivity index (χ0n) is 11.2. The van der Waals surface area contributed by atoms with E-state index in [1.54, 1.807) is 13.0 Å². The zero-order chi connectivity index (χ0) is 14.7. The summed E-state index contributed by atoms with van der Waals surface area (Å²) >= 11 is 3.24. The molecular weight excluding hydrogens is 326 g/mol. The van der Waals surface area contributed by atoms with Crippen molar-refractivity contribution < 1.29 is 14.5 Å². The molecule has 0 aliphatic heterocycles. The number of Topliss-reactive ketones (excluding diaryl/α,β-unsaturated/α-hetero) is 1. The first-order valence-electron chi connectivity index (χ1n) is 6.59. The van der Waals surface area contributed by atoms with Gasteiger partial charge in [-0.1, -0.05) is 15.9 Å². The molecular formula is C14H16BrNO4. The van der Waals surface area contributed by atoms with E-state index in [1.807, 2.05) is 0 Å². The number of aryl methyl sites for hydroxylation is 1. The fraction of sp³-hybridized carbons (Fsp3) is 0.500. The Labute approximate surface area is 125 Å². The van der Waals surface area contributed by atoms with E-state index in [0.29, 0.717) is 35.2 Å². The molecule has 0 amide bonds. The summed E-state index contributed by atoms with van der Waals surface area (Å²) in [6.07, 6.45) is 3.14. The van der Waals surface area contributed by atoms with E-state index in [1.165, 1.54) is 6.07 Å². The molecule has 0 radical (unpaired) electrons. The van der Waals surface area contributed by atoms with Gasteiger partial charge in [0, 0.05) is 22.9 Å². The van der Waals surface area contributed by atoms with Gasteiger partial charge in [0.1, 0.15) is 5.78 Å². The van der Waals surface area contributed by atoms with Crippen LogP contribution < -0.4 is 4.74 Å². The highest BCUT2D eigenvalue weighted by Crippen LogP contribution is 2.34. The minimum absolute atomic E-state index is 0.0466. The summed E-state index contributed by atoms with van der Waals surface area (Å²) < 4.78 is 6.23. The molecule has 1 aromatic rings. The van der Waals surface area contributed by atoms with Gasteiger partial charge in [-0.05, 0) is 37.8 Å². The van der Waals surface area contributed by atoms with Gasteiger partial charge in [-0.3, -0.25) is 14.9 Å². The summed E-state index contributed by atoms with van der Waals surface area (Å²) in [6.45, 7) is 2.10. The van der Waals surface area contributed by atoms with Crippen molar-refractivity contribution in [3.05, 3.63) is 32.3 Å². The van der Waals surface area contributed by atoms with Gasteiger partial charge in [-0.15, -0.1) is 0 Å². The third-order valence-electron chi connectivity index (χ3n) is 3.56. The van der Waals surface area contributed by atoms with Crippen LogP contribution in [0, 0.1) is 23.0 Å². The number of halogens is 1. The molecule has 1 unspecified atom stereocenters. The first-order chi connectivity index (χ1) is 9.49. The van der Waals surface area contributed by atoms with Gasteiger partial charge in [-0.2, -0.15) is 0 Å². The van der Waals surface area contributed by atoms with Gasteiger partial charge in [0.15, 0.2) is 5.75 Å². The zero-order valence-corrected chi connectivity index (χ0v) is 12.8. The van der Waals surface area contributed by atoms with E-state index in [2.05, 4.69) is 15.9 Å². The summed E-state index contributed by atoms with van der Waals surface area (Å²) in [7, 11) is 0. The molecule has 0 heterocycles. The first-order valence-corrected chi connectivity index (χ1v) is 7.38. The Morgan fingerprint density at radius 3 is 2.85 bits per heavy atom. The van der Waals surface area contributed by atoms with Crippen LogP contribution in [-0.2, 0) is 4.79 Å². The van der Waals surface area contributed by atoms with Crippen molar-refractivity contribution in [3.8, 4) is 5.75 Å². The highest BCUT2D eigenvalue weighted by Gasteiger charge is 2.25. The van der Waals surface area contributed by atoms with Gasteiger partial charge in [0.2, 0.25) is 0 Å². The van der Waals surface area contributed by atoms with E-state index in [4.69, 9.17) is 4.74 Å². The van der Waals surface area contributed by atoms with E-state index in [0.717, 1.165) is 12.8 Å². The number of hydrogen-bond donors (Lipinski definition) is 0. The minimum Gasteiger partial charge on any atom is -0.487 e. The topological polar surface area (TPSA) is 69.4 Å². The van der Waals surface area contributed by atoms with Crippen LogP contribution in [0.4, 0.5) is 5.69 Å². The Morgan fingerprint density at radius 2 is 2.25 bits per heavy atom. The molecule has 1 aliphatic carbocycles. The number of benzene rings is 1. The maximum absolute atomic E-state index is 11.5. The summed E-state index contributed by atoms with van der Waals surface area (Å²) in [5.41, 5.74) is 0.665. The quantitative estimate of drug-likeness (QED) is 0.603. The molecule has 0 spiro atoms. The lowest BCUT2D eigenvalue weighted by Crippen LogP contribution is -2.12. The molecule has 5 nitrogen and oxygen atoms in total. The second-order valence-electron chi connectivity index (χ2n) is 5.02. The van der Waals surface area contributed by atoms with Crippen molar-refractivity contribution in [1.82, 2.24) is 0 Å². The van der Waals surface area contributed by atoms with Crippen LogP contribution in [-0.4, -0.2) is 17.3 Å². The van der Waals surface area contributed by atoms with Crippen molar-refractivity contribution in [3.63, 3.8) is 0 Å². The smallest absolute Gasteiger partial charge is 0.312 e. The second kappa shape index (κ2) is 6.35. The molecule has 0 aromatic heterocycles. The Kier molecular flexibility index (Phi) is 4.75. The van der Waals surface area contributed by atoms with E-state index >= 15 is 0 Å². The summed E-state index contributed by atoms with van der Waals surface area (Å²) in [6, 6.07) is 3.21. The van der Waals surface area contributed by atoms with Crippen LogP contribution >= 0.6 is 15.9 Å². The second-order valence-corrected chi connectivity index (χ2v) is 5.94. The highest BCUT2D eigenvalue weighted by molar-refractivity contribution is 9.10. The number of nitrogens with zero attached hydrogens (tertiary/aromatic N) is 1. The number of nitro benzene ring substituents is 1. The first kappa shape index (κ1) is 15.0. The number of carbonyl (C=O) groups excluding carboxylic acids is 1. The van der Waals surface area contributed by atoms with E-state index in [-0.39, 0.29) is 17.4 Å². The Morgan fingerprint density at radius 1 is 1.50 bits per heavy atom. The maximum Gasteiger partial charge on any atom is 0.312 e. The molecule has 1 aliphatic rings. The van der Waals surface area contributed by atoms with Gasteiger partial charge >= 0.3 is 5.69 Å². The van der Waals surface area contributed by atoms with Gasteiger partial charge in [-0.25, -0.2) is 0 Å². The largest absolute Gasteiger partial charge is 0.487 e. The maximum atomic E-state index is 11.5. The molecule has 0 N–H and O–H groups in total. The van der Waals surface area contributed by atoms with Crippen molar-refractivity contribution in [2.75, 3.05) is 6.61 Å². The minimum atomic E-state index is -0.451. The third-order valence-corrected chi connectivity index (χ3v) is 4.02. The molecule has 1 atom stereocenters. The summed E-state index contributed by atoms with van der Waals surface area (Å²) in [5.74, 6) is 0.643. The number of nitro groups is 1. The predicted molar refractivity (Wildman–Crippen MR) is 78.0 cm³/mol. The van der Waals surface area contributed by atoms with Crippen molar-refractivity contribution in [2.45, 2.75) is 32.6 Å². The molecule has 1 fully saturated rings. The van der Waals surface area contributed by atoms with Crippen molar-refractivity contribution in [2.24, 2.45) is 5.92 Å². The molecule has 6 heteroatoms. The third kappa shape index (κ3) is 3.36. The lowest BCUT2D eigenvalue weighted by Gasteiger charge is -2.12. The van der Waals surface area contributed by atoms with Crippen LogP contribution in [0.15, 0.2) is 16.6 Å². The Bertz CT molecular complexity index is 544. The molecule has 108 valence electrons. The molecule has 1 saturated carbocycles. The number of ketones is 1. The fourth-order valence-corrected chi connectivity index (χ4v) is 3.09. The molecule has 1 aromatic carbocycles. The van der Waals surface area contributed by atoms with E-state index in [9.17, 15) is 14.9 Å². The molecule has 0 saturated heterocycles. The lowest BCUT2D eigenvalue weighted by molar-refractivity contribution is -0.386. The number of rotatable bonds is 5. The number of ether oxygens (including phenoxy) is 1. The average Bonchev–Trinajstić information content (AvgIpc) is 2.77. The van der Waals surface area contributed by atoms with Crippen molar-refractivity contribution in [1.29, 1.82) is 0 Å². The van der Waals surface area contributed by atoms with E-state index < -0.39 is 4.92 Å². The predicted octanol–water partition coefficient (Wildman–Crippen LogP) is 3.80.